The number of hydrogen-bond acceptors (Lipinski definition) is 9. The van der Waals surface area contributed by atoms with Crippen LogP contribution in [0, 0.1) is 17.8 Å². The van der Waals surface area contributed by atoms with Gasteiger partial charge in [0, 0.05) is 25.3 Å². The predicted molar refractivity (Wildman–Crippen MR) is 164 cm³/mol. The molecule has 10 nitrogen and oxygen atoms in total. The van der Waals surface area contributed by atoms with Gasteiger partial charge in [-0.1, -0.05) is 24.6 Å². The van der Waals surface area contributed by atoms with Crippen LogP contribution >= 0.6 is 11.6 Å². The fourth-order valence-electron chi connectivity index (χ4n) is 6.01. The summed E-state index contributed by atoms with van der Waals surface area (Å²) in [5.41, 5.74) is 1.17. The molecule has 2 atom stereocenters. The summed E-state index contributed by atoms with van der Waals surface area (Å²) in [5, 5.41) is 14.1. The summed E-state index contributed by atoms with van der Waals surface area (Å²) in [5.74, 6) is 2.90. The van der Waals surface area contributed by atoms with Crippen LogP contribution in [0.25, 0.3) is 0 Å². The van der Waals surface area contributed by atoms with Crippen molar-refractivity contribution in [2.45, 2.75) is 101 Å². The molecule has 3 saturated carbocycles. The van der Waals surface area contributed by atoms with E-state index in [2.05, 4.69) is 50.1 Å². The fraction of sp³-hybridized carbons (Fsp3) is 0.633. The van der Waals surface area contributed by atoms with E-state index in [-0.39, 0.29) is 22.0 Å². The molecule has 3 fully saturated rings. The maximum Gasteiger partial charge on any atom is 0.229 e. The van der Waals surface area contributed by atoms with Crippen LogP contribution in [0.4, 0.5) is 17.5 Å². The molecule has 2 unspecified atom stereocenters. The van der Waals surface area contributed by atoms with Crippen LogP contribution in [0.5, 0.6) is 0 Å². The normalized spacial score (nSPS) is 26.5. The van der Waals surface area contributed by atoms with Crippen LogP contribution in [-0.2, 0) is 21.6 Å². The number of anilines is 3. The Balaban J connectivity index is 1.19. The summed E-state index contributed by atoms with van der Waals surface area (Å²) < 4.78 is 33.7. The third kappa shape index (κ3) is 6.63. The van der Waals surface area contributed by atoms with E-state index in [0.29, 0.717) is 35.4 Å². The average Bonchev–Trinajstić information content (AvgIpc) is 3.88. The maximum absolute atomic E-state index is 12.9. The van der Waals surface area contributed by atoms with Gasteiger partial charge in [-0.05, 0) is 89.0 Å². The second kappa shape index (κ2) is 11.8. The van der Waals surface area contributed by atoms with Crippen LogP contribution in [0.15, 0.2) is 41.0 Å². The number of nitrogens with zero attached hydrogens (tertiary/aromatic N) is 4. The zero-order chi connectivity index (χ0) is 29.6. The second-order valence-corrected chi connectivity index (χ2v) is 15.5. The minimum Gasteiger partial charge on any atom is -0.489 e. The van der Waals surface area contributed by atoms with E-state index >= 15 is 0 Å². The summed E-state index contributed by atoms with van der Waals surface area (Å²) in [6.45, 7) is 5.53. The Morgan fingerprint density at radius 1 is 1.02 bits per heavy atom. The summed E-state index contributed by atoms with van der Waals surface area (Å²) in [4.78, 5) is 9.03. The Morgan fingerprint density at radius 2 is 1.71 bits per heavy atom. The topological polar surface area (TPSA) is 123 Å². The smallest absolute Gasteiger partial charge is 0.229 e. The Kier molecular flexibility index (Phi) is 8.28. The highest BCUT2D eigenvalue weighted by atomic mass is 35.5. The Morgan fingerprint density at radius 3 is 2.36 bits per heavy atom. The molecule has 6 rings (SSSR count). The third-order valence-corrected chi connectivity index (χ3v) is 11.1. The van der Waals surface area contributed by atoms with Crippen LogP contribution in [0.2, 0.25) is 5.02 Å². The zero-order valence-corrected chi connectivity index (χ0v) is 26.4. The number of aromatic nitrogens is 4. The van der Waals surface area contributed by atoms with Gasteiger partial charge in [0.15, 0.2) is 5.82 Å². The van der Waals surface area contributed by atoms with Crippen molar-refractivity contribution < 1.29 is 13.2 Å². The predicted octanol–water partition coefficient (Wildman–Crippen LogP) is 5.72. The van der Waals surface area contributed by atoms with Gasteiger partial charge in [0.2, 0.25) is 20.8 Å². The first-order valence-corrected chi connectivity index (χ1v) is 17.2. The number of sulfone groups is 1. The third-order valence-electron chi connectivity index (χ3n) is 8.76. The first-order chi connectivity index (χ1) is 20.1. The molecular weight excluding hydrogens is 574 g/mol. The molecule has 0 aliphatic heterocycles. The number of allylic oxidation sites excluding steroid dienone is 2. The van der Waals surface area contributed by atoms with Gasteiger partial charge in [0.1, 0.15) is 10.8 Å². The van der Waals surface area contributed by atoms with Gasteiger partial charge in [-0.15, -0.1) is 0 Å². The highest BCUT2D eigenvalue weighted by Gasteiger charge is 2.36. The number of ether oxygens (including phenoxy) is 1. The molecule has 2 heterocycles. The summed E-state index contributed by atoms with van der Waals surface area (Å²) in [7, 11) is -1.95. The molecular formula is C30H42ClN7O3S. The number of nitrogens with one attached hydrogen (secondary N) is 3. The lowest BCUT2D eigenvalue weighted by molar-refractivity contribution is 0.179. The van der Waals surface area contributed by atoms with Crippen molar-refractivity contribution in [2.75, 3.05) is 10.6 Å². The quantitative estimate of drug-likeness (QED) is 0.291. The van der Waals surface area contributed by atoms with Gasteiger partial charge in [0.25, 0.3) is 0 Å². The van der Waals surface area contributed by atoms with Crippen LogP contribution in [-0.4, -0.2) is 51.6 Å². The van der Waals surface area contributed by atoms with Crippen molar-refractivity contribution in [2.24, 2.45) is 24.8 Å². The lowest BCUT2D eigenvalue weighted by Crippen LogP contribution is -2.37. The molecule has 0 aromatic carbocycles. The molecule has 3 N–H and O–H groups in total. The first-order valence-electron chi connectivity index (χ1n) is 15.3. The van der Waals surface area contributed by atoms with Gasteiger partial charge < -0.3 is 20.7 Å². The first kappa shape index (κ1) is 29.4. The second-order valence-electron chi connectivity index (χ2n) is 12.7. The van der Waals surface area contributed by atoms with Gasteiger partial charge in [-0.2, -0.15) is 10.1 Å². The SMILES string of the molecule is CC1C=C(Nc2ncc(Cl)c(Nc3cn(C)nc3S(=O)(=O)C(C)C)n2)C(OC2CC2)=CC1C1CCC(NC2CC2)CC1. The van der Waals surface area contributed by atoms with Gasteiger partial charge in [-0.25, -0.2) is 13.4 Å². The van der Waals surface area contributed by atoms with Crippen LogP contribution in [0.1, 0.15) is 72.1 Å². The molecule has 2 aromatic rings. The van der Waals surface area contributed by atoms with Crippen molar-refractivity contribution >= 4 is 38.9 Å². The van der Waals surface area contributed by atoms with Crippen LogP contribution < -0.4 is 16.0 Å². The van der Waals surface area contributed by atoms with Crippen molar-refractivity contribution in [3.63, 3.8) is 0 Å². The lowest BCUT2D eigenvalue weighted by Gasteiger charge is -2.37. The Labute approximate surface area is 253 Å². The minimum absolute atomic E-state index is 0.0422. The standard InChI is InChI=1S/C30H42ClN7O3S/c1-17(2)42(39,40)29-26(16-38(4)37-29)34-28-24(31)15-32-30(36-28)35-25-13-18(3)23(14-27(25)41-22-11-12-22)19-5-7-20(8-6-19)33-21-9-10-21/h13-23,33H,5-12H2,1-4H3,(H2,32,34,35,36). The molecule has 0 amide bonds. The van der Waals surface area contributed by atoms with E-state index in [0.717, 1.165) is 30.3 Å². The molecule has 4 aliphatic carbocycles. The maximum atomic E-state index is 12.9. The number of rotatable bonds is 11. The number of aryl methyl sites for hydroxylation is 1. The monoisotopic (exact) mass is 615 g/mol. The van der Waals surface area contributed by atoms with E-state index in [1.54, 1.807) is 27.1 Å². The summed E-state index contributed by atoms with van der Waals surface area (Å²) in [6.07, 6.45) is 17.7. The largest absolute Gasteiger partial charge is 0.489 e. The highest BCUT2D eigenvalue weighted by molar-refractivity contribution is 7.92. The summed E-state index contributed by atoms with van der Waals surface area (Å²) >= 11 is 6.45. The lowest BCUT2D eigenvalue weighted by atomic mass is 9.71. The van der Waals surface area contributed by atoms with E-state index in [1.807, 2.05) is 0 Å². The Hall–Kier alpha value is -2.63. The minimum atomic E-state index is -3.63. The Bertz CT molecular complexity index is 1470. The fourth-order valence-corrected chi connectivity index (χ4v) is 7.25. The average molecular weight is 616 g/mol. The van der Waals surface area contributed by atoms with Crippen LogP contribution in [0.3, 0.4) is 0 Å². The zero-order valence-electron chi connectivity index (χ0n) is 24.8. The van der Waals surface area contributed by atoms with Gasteiger partial charge in [0.05, 0.1) is 28.9 Å². The molecule has 42 heavy (non-hydrogen) atoms. The van der Waals surface area contributed by atoms with Crippen molar-refractivity contribution in [3.8, 4) is 0 Å². The molecule has 0 bridgehead atoms. The van der Waals surface area contributed by atoms with E-state index < -0.39 is 15.1 Å². The molecule has 0 radical (unpaired) electrons. The molecule has 12 heteroatoms. The van der Waals surface area contributed by atoms with E-state index in [9.17, 15) is 8.42 Å². The number of hydrogen-bond donors (Lipinski definition) is 3. The molecule has 228 valence electrons. The van der Waals surface area contributed by atoms with Gasteiger partial charge in [-0.3, -0.25) is 4.68 Å². The summed E-state index contributed by atoms with van der Waals surface area (Å²) in [6, 6.07) is 1.44. The molecule has 0 saturated heterocycles. The molecule has 4 aliphatic rings. The number of halogens is 1. The molecule has 2 aromatic heterocycles. The van der Waals surface area contributed by atoms with Crippen molar-refractivity contribution in [1.82, 2.24) is 25.1 Å². The van der Waals surface area contributed by atoms with Gasteiger partial charge >= 0.3 is 0 Å². The van der Waals surface area contributed by atoms with E-state index in [1.165, 1.54) is 49.4 Å². The van der Waals surface area contributed by atoms with Crippen molar-refractivity contribution in [3.05, 3.63) is 41.0 Å². The van der Waals surface area contributed by atoms with E-state index in [4.69, 9.17) is 16.3 Å². The van der Waals surface area contributed by atoms with Crippen molar-refractivity contribution in [1.29, 1.82) is 0 Å². The highest BCUT2D eigenvalue weighted by Crippen LogP contribution is 2.42. The molecule has 0 spiro atoms.